The summed E-state index contributed by atoms with van der Waals surface area (Å²) < 4.78 is 6.07. The quantitative estimate of drug-likeness (QED) is 0.530. The van der Waals surface area contributed by atoms with Crippen LogP contribution in [-0.2, 0) is 4.74 Å². The molecule has 0 saturated carbocycles. The Labute approximate surface area is 90.2 Å². The standard InChI is InChI=1S/C13H28O/c1-5-9-11-13(8-4,10-6-2)14-12-7-3/h5-12H2,1-4H3. The Morgan fingerprint density at radius 3 is 2.00 bits per heavy atom. The maximum atomic E-state index is 6.07. The van der Waals surface area contributed by atoms with Gasteiger partial charge in [-0.15, -0.1) is 0 Å². The van der Waals surface area contributed by atoms with Crippen molar-refractivity contribution in [2.75, 3.05) is 6.61 Å². The monoisotopic (exact) mass is 200 g/mol. The van der Waals surface area contributed by atoms with E-state index >= 15 is 0 Å². The van der Waals surface area contributed by atoms with Crippen LogP contribution >= 0.6 is 0 Å². The van der Waals surface area contributed by atoms with Crippen molar-refractivity contribution in [2.24, 2.45) is 0 Å². The van der Waals surface area contributed by atoms with Gasteiger partial charge in [-0.05, 0) is 25.7 Å². The van der Waals surface area contributed by atoms with Gasteiger partial charge in [0.15, 0.2) is 0 Å². The van der Waals surface area contributed by atoms with Crippen molar-refractivity contribution in [2.45, 2.75) is 78.2 Å². The second-order valence-corrected chi connectivity index (χ2v) is 4.24. The van der Waals surface area contributed by atoms with Gasteiger partial charge in [0, 0.05) is 6.61 Å². The highest BCUT2D eigenvalue weighted by molar-refractivity contribution is 4.78. The van der Waals surface area contributed by atoms with Gasteiger partial charge in [0.25, 0.3) is 0 Å². The lowest BCUT2D eigenvalue weighted by Crippen LogP contribution is -2.32. The normalized spacial score (nSPS) is 15.4. The fourth-order valence-electron chi connectivity index (χ4n) is 2.00. The summed E-state index contributed by atoms with van der Waals surface area (Å²) in [5, 5.41) is 0. The Morgan fingerprint density at radius 2 is 1.57 bits per heavy atom. The van der Waals surface area contributed by atoms with Gasteiger partial charge in [-0.25, -0.2) is 0 Å². The van der Waals surface area contributed by atoms with Gasteiger partial charge >= 0.3 is 0 Å². The van der Waals surface area contributed by atoms with Crippen LogP contribution in [0.3, 0.4) is 0 Å². The first-order valence-corrected chi connectivity index (χ1v) is 6.38. The van der Waals surface area contributed by atoms with Gasteiger partial charge in [-0.2, -0.15) is 0 Å². The molecule has 0 amide bonds. The Morgan fingerprint density at radius 1 is 0.857 bits per heavy atom. The highest BCUT2D eigenvalue weighted by Gasteiger charge is 2.26. The fraction of sp³-hybridized carbons (Fsp3) is 1.00. The first-order valence-electron chi connectivity index (χ1n) is 6.38. The van der Waals surface area contributed by atoms with Crippen LogP contribution in [0, 0.1) is 0 Å². The molecule has 0 aromatic carbocycles. The average molecular weight is 200 g/mol. The molecule has 1 atom stereocenters. The molecule has 14 heavy (non-hydrogen) atoms. The average Bonchev–Trinajstić information content (AvgIpc) is 2.22. The van der Waals surface area contributed by atoms with Crippen molar-refractivity contribution in [3.8, 4) is 0 Å². The van der Waals surface area contributed by atoms with Crippen LogP contribution in [0.25, 0.3) is 0 Å². The Balaban J connectivity index is 4.11. The van der Waals surface area contributed by atoms with Crippen LogP contribution in [0.2, 0.25) is 0 Å². The molecular formula is C13H28O. The van der Waals surface area contributed by atoms with Gasteiger partial charge in [-0.1, -0.05) is 47.0 Å². The maximum absolute atomic E-state index is 6.07. The molecule has 0 N–H and O–H groups in total. The molecular weight excluding hydrogens is 172 g/mol. The summed E-state index contributed by atoms with van der Waals surface area (Å²) in [7, 11) is 0. The third kappa shape index (κ3) is 4.99. The molecule has 0 aliphatic carbocycles. The van der Waals surface area contributed by atoms with Crippen molar-refractivity contribution in [3.05, 3.63) is 0 Å². The SMILES string of the molecule is CCCCC(CC)(CCC)OCCC. The van der Waals surface area contributed by atoms with Crippen molar-refractivity contribution in [1.29, 1.82) is 0 Å². The lowest BCUT2D eigenvalue weighted by molar-refractivity contribution is -0.0619. The molecule has 0 aliphatic rings. The molecule has 0 fully saturated rings. The Kier molecular flexibility index (Phi) is 8.26. The highest BCUT2D eigenvalue weighted by atomic mass is 16.5. The number of hydrogen-bond acceptors (Lipinski definition) is 1. The minimum atomic E-state index is 0.195. The van der Waals surface area contributed by atoms with Crippen molar-refractivity contribution in [3.63, 3.8) is 0 Å². The van der Waals surface area contributed by atoms with Gasteiger partial charge in [0.1, 0.15) is 0 Å². The molecule has 0 aromatic rings. The number of hydrogen-bond donors (Lipinski definition) is 0. The number of unbranched alkanes of at least 4 members (excludes halogenated alkanes) is 1. The smallest absolute Gasteiger partial charge is 0.0679 e. The summed E-state index contributed by atoms with van der Waals surface area (Å²) in [4.78, 5) is 0. The summed E-state index contributed by atoms with van der Waals surface area (Å²) in [6.07, 6.45) is 8.59. The lowest BCUT2D eigenvalue weighted by Gasteiger charge is -2.33. The van der Waals surface area contributed by atoms with E-state index in [1.807, 2.05) is 0 Å². The topological polar surface area (TPSA) is 9.23 Å². The Bertz CT molecular complexity index is 112. The second-order valence-electron chi connectivity index (χ2n) is 4.24. The van der Waals surface area contributed by atoms with E-state index in [1.54, 1.807) is 0 Å². The summed E-state index contributed by atoms with van der Waals surface area (Å²) in [6.45, 7) is 9.89. The molecule has 1 nitrogen and oxygen atoms in total. The molecule has 0 rings (SSSR count). The number of rotatable bonds is 9. The predicted molar refractivity (Wildman–Crippen MR) is 63.7 cm³/mol. The second kappa shape index (κ2) is 8.28. The number of ether oxygens (including phenoxy) is 1. The van der Waals surface area contributed by atoms with Crippen LogP contribution in [0.1, 0.15) is 72.6 Å². The third-order valence-electron chi connectivity index (χ3n) is 2.95. The molecule has 1 unspecified atom stereocenters. The van der Waals surface area contributed by atoms with Gasteiger partial charge in [-0.3, -0.25) is 0 Å². The summed E-state index contributed by atoms with van der Waals surface area (Å²) in [5.74, 6) is 0. The van der Waals surface area contributed by atoms with E-state index in [-0.39, 0.29) is 5.60 Å². The predicted octanol–water partition coefficient (Wildman–Crippen LogP) is 4.55. The minimum Gasteiger partial charge on any atom is -0.375 e. The highest BCUT2D eigenvalue weighted by Crippen LogP contribution is 2.28. The Hall–Kier alpha value is -0.0400. The van der Waals surface area contributed by atoms with Crippen LogP contribution < -0.4 is 0 Å². The minimum absolute atomic E-state index is 0.195. The molecule has 0 aromatic heterocycles. The van der Waals surface area contributed by atoms with Crippen molar-refractivity contribution >= 4 is 0 Å². The van der Waals surface area contributed by atoms with Crippen LogP contribution in [0.5, 0.6) is 0 Å². The van der Waals surface area contributed by atoms with E-state index in [0.29, 0.717) is 0 Å². The third-order valence-corrected chi connectivity index (χ3v) is 2.95. The molecule has 0 saturated heterocycles. The largest absolute Gasteiger partial charge is 0.375 e. The van der Waals surface area contributed by atoms with Gasteiger partial charge < -0.3 is 4.74 Å². The zero-order chi connectivity index (χ0) is 10.9. The molecule has 1 heteroatoms. The van der Waals surface area contributed by atoms with Crippen LogP contribution in [-0.4, -0.2) is 12.2 Å². The van der Waals surface area contributed by atoms with E-state index < -0.39 is 0 Å². The van der Waals surface area contributed by atoms with E-state index in [9.17, 15) is 0 Å². The molecule has 0 bridgehead atoms. The van der Waals surface area contributed by atoms with Gasteiger partial charge in [0.2, 0.25) is 0 Å². The summed E-state index contributed by atoms with van der Waals surface area (Å²) in [6, 6.07) is 0. The first-order chi connectivity index (χ1) is 6.74. The zero-order valence-corrected chi connectivity index (χ0v) is 10.6. The van der Waals surface area contributed by atoms with Crippen LogP contribution in [0.4, 0.5) is 0 Å². The molecule has 0 radical (unpaired) electrons. The van der Waals surface area contributed by atoms with Crippen molar-refractivity contribution < 1.29 is 4.74 Å². The summed E-state index contributed by atoms with van der Waals surface area (Å²) >= 11 is 0. The van der Waals surface area contributed by atoms with E-state index in [2.05, 4.69) is 27.7 Å². The fourth-order valence-corrected chi connectivity index (χ4v) is 2.00. The van der Waals surface area contributed by atoms with Crippen molar-refractivity contribution in [1.82, 2.24) is 0 Å². The maximum Gasteiger partial charge on any atom is 0.0679 e. The molecule has 86 valence electrons. The molecule has 0 heterocycles. The van der Waals surface area contributed by atoms with Gasteiger partial charge in [0.05, 0.1) is 5.60 Å². The van der Waals surface area contributed by atoms with Crippen LogP contribution in [0.15, 0.2) is 0 Å². The molecule has 0 spiro atoms. The summed E-state index contributed by atoms with van der Waals surface area (Å²) in [5.41, 5.74) is 0.195. The van der Waals surface area contributed by atoms with E-state index in [1.165, 1.54) is 38.5 Å². The lowest BCUT2D eigenvalue weighted by atomic mass is 9.89. The molecule has 0 aliphatic heterocycles. The first kappa shape index (κ1) is 14.0. The van der Waals surface area contributed by atoms with E-state index in [0.717, 1.165) is 13.0 Å². The van der Waals surface area contributed by atoms with E-state index in [4.69, 9.17) is 4.74 Å². The zero-order valence-electron chi connectivity index (χ0n) is 10.6.